The first-order chi connectivity index (χ1) is 7.27. The molecule has 0 bridgehead atoms. The molecule has 0 atom stereocenters. The Balaban J connectivity index is 2.41. The Kier molecular flexibility index (Phi) is 1.75. The highest BCUT2D eigenvalue weighted by molar-refractivity contribution is 5.82. The van der Waals surface area contributed by atoms with Crippen molar-refractivity contribution in [1.82, 2.24) is 9.55 Å². The molecule has 3 rings (SSSR count). The Morgan fingerprint density at radius 1 is 1.27 bits per heavy atom. The van der Waals surface area contributed by atoms with Crippen LogP contribution in [-0.2, 0) is 19.9 Å². The number of aromatic nitrogens is 2. The third kappa shape index (κ3) is 1.16. The molecule has 0 saturated carbocycles. The number of aromatic amines is 1. The number of hydrogen-bond donors (Lipinski definition) is 1. The lowest BCUT2D eigenvalue weighted by molar-refractivity contribution is 0.679. The molecule has 1 aliphatic carbocycles. The second-order valence-electron chi connectivity index (χ2n) is 4.28. The molecule has 0 aliphatic heterocycles. The summed E-state index contributed by atoms with van der Waals surface area (Å²) in [5, 5.41) is 1.23. The lowest BCUT2D eigenvalue weighted by Crippen LogP contribution is -2.14. The van der Waals surface area contributed by atoms with Gasteiger partial charge in [-0.1, -0.05) is 0 Å². The number of H-pyrrole nitrogens is 1. The van der Waals surface area contributed by atoms with Crippen molar-refractivity contribution < 1.29 is 0 Å². The average Bonchev–Trinajstić information content (AvgIpc) is 2.63. The summed E-state index contributed by atoms with van der Waals surface area (Å²) >= 11 is 0. The maximum Gasteiger partial charge on any atom is 0.251 e. The highest BCUT2D eigenvalue weighted by Crippen LogP contribution is 2.27. The number of hydrogen-bond acceptors (Lipinski definition) is 1. The third-order valence-corrected chi connectivity index (χ3v) is 3.38. The van der Waals surface area contributed by atoms with E-state index in [4.69, 9.17) is 0 Å². The number of fused-ring (bicyclic) bond motifs is 3. The van der Waals surface area contributed by atoms with E-state index in [-0.39, 0.29) is 5.56 Å². The number of nitrogens with zero attached hydrogens (tertiary/aromatic N) is 1. The minimum Gasteiger partial charge on any atom is -0.344 e. The van der Waals surface area contributed by atoms with Gasteiger partial charge in [-0.3, -0.25) is 9.36 Å². The van der Waals surface area contributed by atoms with E-state index in [1.807, 2.05) is 13.1 Å². The molecule has 3 nitrogen and oxygen atoms in total. The Bertz CT molecular complexity index is 577. The fourth-order valence-corrected chi connectivity index (χ4v) is 2.51. The summed E-state index contributed by atoms with van der Waals surface area (Å²) in [7, 11) is 1.83. The van der Waals surface area contributed by atoms with Crippen molar-refractivity contribution in [3.63, 3.8) is 0 Å². The molecule has 0 aromatic carbocycles. The second-order valence-corrected chi connectivity index (χ2v) is 4.28. The average molecular weight is 202 g/mol. The first-order valence-electron chi connectivity index (χ1n) is 5.47. The zero-order valence-electron chi connectivity index (χ0n) is 8.84. The predicted octanol–water partition coefficient (Wildman–Crippen LogP) is 1.75. The Labute approximate surface area is 87.7 Å². The van der Waals surface area contributed by atoms with Crippen LogP contribution in [0.5, 0.6) is 0 Å². The number of rotatable bonds is 0. The molecule has 0 unspecified atom stereocenters. The zero-order chi connectivity index (χ0) is 10.4. The van der Waals surface area contributed by atoms with Gasteiger partial charge in [0.05, 0.1) is 0 Å². The van der Waals surface area contributed by atoms with Crippen molar-refractivity contribution in [2.75, 3.05) is 0 Å². The maximum atomic E-state index is 11.5. The first-order valence-corrected chi connectivity index (χ1v) is 5.47. The van der Waals surface area contributed by atoms with Gasteiger partial charge in [0.2, 0.25) is 0 Å². The van der Waals surface area contributed by atoms with E-state index in [2.05, 4.69) is 4.98 Å². The van der Waals surface area contributed by atoms with E-state index >= 15 is 0 Å². The van der Waals surface area contributed by atoms with Crippen LogP contribution >= 0.6 is 0 Å². The maximum absolute atomic E-state index is 11.5. The van der Waals surface area contributed by atoms with Gasteiger partial charge in [-0.05, 0) is 37.3 Å². The molecule has 3 heteroatoms. The summed E-state index contributed by atoms with van der Waals surface area (Å²) in [4.78, 5) is 14.9. The van der Waals surface area contributed by atoms with Crippen LogP contribution < -0.4 is 5.56 Å². The van der Waals surface area contributed by atoms with Crippen molar-refractivity contribution in [3.8, 4) is 0 Å². The molecule has 0 radical (unpaired) electrons. The molecule has 0 saturated heterocycles. The summed E-state index contributed by atoms with van der Waals surface area (Å²) < 4.78 is 1.70. The molecule has 1 N–H and O–H groups in total. The SMILES string of the molecule is Cn1c(=O)ccc2c3c([nH]c21)CCCC3. The van der Waals surface area contributed by atoms with Gasteiger partial charge in [-0.2, -0.15) is 0 Å². The van der Waals surface area contributed by atoms with E-state index in [1.54, 1.807) is 10.6 Å². The standard InChI is InChI=1S/C12H14N2O/c1-14-11(15)7-6-9-8-4-2-3-5-10(8)13-12(9)14/h6-7,13H,2-5H2,1H3. The van der Waals surface area contributed by atoms with Crippen molar-refractivity contribution >= 4 is 11.0 Å². The van der Waals surface area contributed by atoms with Crippen LogP contribution in [-0.4, -0.2) is 9.55 Å². The number of aryl methyl sites for hydroxylation is 3. The third-order valence-electron chi connectivity index (χ3n) is 3.38. The molecule has 15 heavy (non-hydrogen) atoms. The summed E-state index contributed by atoms with van der Waals surface area (Å²) in [6.45, 7) is 0. The van der Waals surface area contributed by atoms with Gasteiger partial charge in [0.25, 0.3) is 5.56 Å². The summed E-state index contributed by atoms with van der Waals surface area (Å²) in [5.41, 5.74) is 3.79. The van der Waals surface area contributed by atoms with Crippen LogP contribution in [0.2, 0.25) is 0 Å². The van der Waals surface area contributed by atoms with Gasteiger partial charge in [0.15, 0.2) is 0 Å². The van der Waals surface area contributed by atoms with Crippen molar-refractivity contribution in [2.24, 2.45) is 7.05 Å². The molecule has 0 fully saturated rings. The summed E-state index contributed by atoms with van der Waals surface area (Å²) in [6, 6.07) is 3.61. The van der Waals surface area contributed by atoms with E-state index < -0.39 is 0 Å². The molecule has 2 aromatic rings. The Hall–Kier alpha value is -1.51. The van der Waals surface area contributed by atoms with Gasteiger partial charge >= 0.3 is 0 Å². The minimum absolute atomic E-state index is 0.0566. The normalized spacial score (nSPS) is 15.5. The monoisotopic (exact) mass is 202 g/mol. The second kappa shape index (κ2) is 2.99. The van der Waals surface area contributed by atoms with Crippen LogP contribution in [0.1, 0.15) is 24.1 Å². The van der Waals surface area contributed by atoms with Gasteiger partial charge in [-0.25, -0.2) is 0 Å². The largest absolute Gasteiger partial charge is 0.344 e. The van der Waals surface area contributed by atoms with Crippen LogP contribution in [0.25, 0.3) is 11.0 Å². The van der Waals surface area contributed by atoms with Crippen LogP contribution in [0, 0.1) is 0 Å². The lowest BCUT2D eigenvalue weighted by Gasteiger charge is -2.09. The fraction of sp³-hybridized carbons (Fsp3) is 0.417. The van der Waals surface area contributed by atoms with Crippen molar-refractivity contribution in [1.29, 1.82) is 0 Å². The molecule has 2 heterocycles. The summed E-state index contributed by atoms with van der Waals surface area (Å²) in [5.74, 6) is 0. The highest BCUT2D eigenvalue weighted by atomic mass is 16.1. The van der Waals surface area contributed by atoms with E-state index in [0.29, 0.717) is 0 Å². The predicted molar refractivity (Wildman–Crippen MR) is 60.2 cm³/mol. The molecule has 0 spiro atoms. The van der Waals surface area contributed by atoms with E-state index in [1.165, 1.54) is 29.5 Å². The van der Waals surface area contributed by atoms with Gasteiger partial charge in [0.1, 0.15) is 5.65 Å². The molecule has 1 aliphatic rings. The van der Waals surface area contributed by atoms with Crippen LogP contribution in [0.15, 0.2) is 16.9 Å². The molecular weight excluding hydrogens is 188 g/mol. The van der Waals surface area contributed by atoms with E-state index in [9.17, 15) is 4.79 Å². The number of nitrogens with one attached hydrogen (secondary N) is 1. The molecule has 78 valence electrons. The summed E-state index contributed by atoms with van der Waals surface area (Å²) in [6.07, 6.45) is 4.79. The zero-order valence-corrected chi connectivity index (χ0v) is 8.84. The van der Waals surface area contributed by atoms with E-state index in [0.717, 1.165) is 18.5 Å². The van der Waals surface area contributed by atoms with Gasteiger partial charge in [0, 0.05) is 24.2 Å². The van der Waals surface area contributed by atoms with Crippen molar-refractivity contribution in [3.05, 3.63) is 33.7 Å². The van der Waals surface area contributed by atoms with Crippen LogP contribution in [0.4, 0.5) is 0 Å². The Morgan fingerprint density at radius 2 is 2.07 bits per heavy atom. The highest BCUT2D eigenvalue weighted by Gasteiger charge is 2.16. The van der Waals surface area contributed by atoms with Gasteiger partial charge < -0.3 is 4.98 Å². The lowest BCUT2D eigenvalue weighted by atomic mass is 9.96. The quantitative estimate of drug-likeness (QED) is 0.694. The minimum atomic E-state index is 0.0566. The molecular formula is C12H14N2O. The fourth-order valence-electron chi connectivity index (χ4n) is 2.51. The number of pyridine rings is 1. The smallest absolute Gasteiger partial charge is 0.251 e. The Morgan fingerprint density at radius 3 is 2.93 bits per heavy atom. The first kappa shape index (κ1) is 8.77. The molecule has 0 amide bonds. The molecule has 2 aromatic heterocycles. The van der Waals surface area contributed by atoms with Crippen LogP contribution in [0.3, 0.4) is 0 Å². The topological polar surface area (TPSA) is 37.8 Å². The van der Waals surface area contributed by atoms with Gasteiger partial charge in [-0.15, -0.1) is 0 Å². The van der Waals surface area contributed by atoms with Crippen molar-refractivity contribution in [2.45, 2.75) is 25.7 Å².